The molecule has 0 aliphatic heterocycles. The lowest BCUT2D eigenvalue weighted by Crippen LogP contribution is -2.30. The zero-order valence-corrected chi connectivity index (χ0v) is 20.2. The van der Waals surface area contributed by atoms with Gasteiger partial charge in [-0.3, -0.25) is 9.59 Å². The Labute approximate surface area is 204 Å². The number of nitrogens with one attached hydrogen (secondary N) is 2. The summed E-state index contributed by atoms with van der Waals surface area (Å²) in [5, 5.41) is 3.78. The van der Waals surface area contributed by atoms with E-state index in [4.69, 9.17) is 11.6 Å². The van der Waals surface area contributed by atoms with Gasteiger partial charge in [-0.1, -0.05) is 48.0 Å². The molecular formula is C26H25ClN2O4S. The second kappa shape index (κ2) is 10.1. The summed E-state index contributed by atoms with van der Waals surface area (Å²) >= 11 is 5.99. The molecule has 176 valence electrons. The highest BCUT2D eigenvalue weighted by atomic mass is 35.5. The van der Waals surface area contributed by atoms with Gasteiger partial charge in [0.05, 0.1) is 10.9 Å². The van der Waals surface area contributed by atoms with Gasteiger partial charge in [-0.25, -0.2) is 13.1 Å². The Morgan fingerprint density at radius 2 is 1.50 bits per heavy atom. The van der Waals surface area contributed by atoms with Crippen molar-refractivity contribution in [2.24, 2.45) is 5.92 Å². The van der Waals surface area contributed by atoms with E-state index in [0.29, 0.717) is 22.1 Å². The van der Waals surface area contributed by atoms with Gasteiger partial charge in [0.1, 0.15) is 0 Å². The molecule has 4 rings (SSSR count). The molecule has 1 amide bonds. The van der Waals surface area contributed by atoms with Crippen LogP contribution in [0, 0.1) is 5.92 Å². The van der Waals surface area contributed by atoms with Gasteiger partial charge in [0.15, 0.2) is 5.78 Å². The van der Waals surface area contributed by atoms with Crippen molar-refractivity contribution < 1.29 is 18.0 Å². The molecule has 1 aliphatic rings. The molecule has 1 atom stereocenters. The summed E-state index contributed by atoms with van der Waals surface area (Å²) in [5.74, 6) is 0.116. The van der Waals surface area contributed by atoms with Crippen LogP contribution >= 0.6 is 11.6 Å². The molecule has 3 aromatic rings. The summed E-state index contributed by atoms with van der Waals surface area (Å²) < 4.78 is 27.6. The second-order valence-electron chi connectivity index (χ2n) is 8.44. The molecule has 2 N–H and O–H groups in total. The third-order valence-corrected chi connectivity index (χ3v) is 7.53. The molecular weight excluding hydrogens is 472 g/mol. The molecule has 1 aliphatic carbocycles. The lowest BCUT2D eigenvalue weighted by molar-refractivity contribution is 0.0931. The van der Waals surface area contributed by atoms with Gasteiger partial charge < -0.3 is 5.32 Å². The van der Waals surface area contributed by atoms with Gasteiger partial charge in [0.25, 0.3) is 5.91 Å². The first kappa shape index (κ1) is 24.1. The topological polar surface area (TPSA) is 92.3 Å². The highest BCUT2D eigenvalue weighted by molar-refractivity contribution is 7.89. The lowest BCUT2D eigenvalue weighted by Gasteiger charge is -2.19. The maximum Gasteiger partial charge on any atom is 0.251 e. The van der Waals surface area contributed by atoms with E-state index >= 15 is 0 Å². The molecule has 0 heterocycles. The molecule has 8 heteroatoms. The molecule has 1 saturated carbocycles. The molecule has 1 unspecified atom stereocenters. The van der Waals surface area contributed by atoms with E-state index in [-0.39, 0.29) is 29.2 Å². The minimum Gasteiger partial charge on any atom is -0.345 e. The Bertz CT molecular complexity index is 1280. The first-order valence-corrected chi connectivity index (χ1v) is 12.8. The summed E-state index contributed by atoms with van der Waals surface area (Å²) in [5.41, 5.74) is 2.71. The average molecular weight is 497 g/mol. The number of amides is 1. The maximum absolute atomic E-state index is 12.8. The van der Waals surface area contributed by atoms with Crippen LogP contribution in [-0.4, -0.2) is 20.1 Å². The van der Waals surface area contributed by atoms with Crippen molar-refractivity contribution in [2.45, 2.75) is 37.2 Å². The molecule has 0 spiro atoms. The number of carbonyl (C=O) groups excluding carboxylic acids is 2. The summed E-state index contributed by atoms with van der Waals surface area (Å²) in [6.45, 7) is 1.50. The number of rotatable bonds is 9. The Hall–Kier alpha value is -3.00. The monoisotopic (exact) mass is 496 g/mol. The number of halogens is 1. The van der Waals surface area contributed by atoms with Gasteiger partial charge >= 0.3 is 0 Å². The van der Waals surface area contributed by atoms with E-state index in [1.165, 1.54) is 31.2 Å². The third-order valence-electron chi connectivity index (χ3n) is 5.86. The standard InChI is InChI=1S/C26H25ClN2O4S/c1-17(30)19-10-14-24(15-11-19)34(32,33)28-16-18-2-4-22(5-3-18)26(31)29-25(20-6-7-20)21-8-12-23(27)13-9-21/h2-5,8-15,20,25,28H,6-7,16H2,1H3,(H,29,31). The predicted molar refractivity (Wildman–Crippen MR) is 131 cm³/mol. The van der Waals surface area contributed by atoms with Crippen LogP contribution in [0.1, 0.15) is 57.7 Å². The Morgan fingerprint density at radius 3 is 2.06 bits per heavy atom. The van der Waals surface area contributed by atoms with Crippen LogP contribution in [-0.2, 0) is 16.6 Å². The van der Waals surface area contributed by atoms with Crippen molar-refractivity contribution in [3.05, 3.63) is 100 Å². The van der Waals surface area contributed by atoms with E-state index in [9.17, 15) is 18.0 Å². The number of sulfonamides is 1. The average Bonchev–Trinajstić information content (AvgIpc) is 3.67. The second-order valence-corrected chi connectivity index (χ2v) is 10.6. The van der Waals surface area contributed by atoms with Crippen molar-refractivity contribution in [1.82, 2.24) is 10.0 Å². The summed E-state index contributed by atoms with van der Waals surface area (Å²) in [6.07, 6.45) is 2.15. The number of carbonyl (C=O) groups is 2. The largest absolute Gasteiger partial charge is 0.345 e. The maximum atomic E-state index is 12.8. The van der Waals surface area contributed by atoms with E-state index in [1.807, 2.05) is 24.3 Å². The van der Waals surface area contributed by atoms with Crippen LogP contribution in [0.4, 0.5) is 0 Å². The zero-order valence-electron chi connectivity index (χ0n) is 18.6. The molecule has 0 radical (unpaired) electrons. The Balaban J connectivity index is 1.38. The molecule has 0 saturated heterocycles. The highest BCUT2D eigenvalue weighted by Gasteiger charge is 2.33. The fourth-order valence-corrected chi connectivity index (χ4v) is 4.85. The quantitative estimate of drug-likeness (QED) is 0.412. The molecule has 0 bridgehead atoms. The molecule has 0 aromatic heterocycles. The Morgan fingerprint density at radius 1 is 0.912 bits per heavy atom. The SMILES string of the molecule is CC(=O)c1ccc(S(=O)(=O)NCc2ccc(C(=O)NC(c3ccc(Cl)cc3)C3CC3)cc2)cc1. The molecule has 1 fully saturated rings. The number of benzene rings is 3. The van der Waals surface area contributed by atoms with Crippen molar-refractivity contribution in [3.8, 4) is 0 Å². The highest BCUT2D eigenvalue weighted by Crippen LogP contribution is 2.41. The van der Waals surface area contributed by atoms with E-state index in [2.05, 4.69) is 10.0 Å². The summed E-state index contributed by atoms with van der Waals surface area (Å²) in [4.78, 5) is 24.3. The first-order chi connectivity index (χ1) is 16.2. The normalized spacial score (nSPS) is 14.4. The molecule has 6 nitrogen and oxygen atoms in total. The molecule has 34 heavy (non-hydrogen) atoms. The summed E-state index contributed by atoms with van der Waals surface area (Å²) in [6, 6.07) is 20.1. The third kappa shape index (κ3) is 5.91. The van der Waals surface area contributed by atoms with Gasteiger partial charge in [0.2, 0.25) is 10.0 Å². The van der Waals surface area contributed by atoms with Crippen LogP contribution in [0.3, 0.4) is 0 Å². The number of ketones is 1. The van der Waals surface area contributed by atoms with Gasteiger partial charge in [0, 0.05) is 22.7 Å². The predicted octanol–water partition coefficient (Wildman–Crippen LogP) is 4.90. The van der Waals surface area contributed by atoms with Crippen molar-refractivity contribution >= 4 is 33.3 Å². The first-order valence-electron chi connectivity index (χ1n) is 11.0. The van der Waals surface area contributed by atoms with Gasteiger partial charge in [-0.2, -0.15) is 0 Å². The fraction of sp³-hybridized carbons (Fsp3) is 0.231. The van der Waals surface area contributed by atoms with E-state index in [0.717, 1.165) is 24.0 Å². The summed E-state index contributed by atoms with van der Waals surface area (Å²) in [7, 11) is -3.73. The number of hydrogen-bond donors (Lipinski definition) is 2. The smallest absolute Gasteiger partial charge is 0.251 e. The minimum atomic E-state index is -3.73. The van der Waals surface area contributed by atoms with Crippen LogP contribution in [0.25, 0.3) is 0 Å². The number of Topliss-reactive ketones (excluding diaryl/α,β-unsaturated/α-hetero) is 1. The Kier molecular flexibility index (Phi) is 7.16. The van der Waals surface area contributed by atoms with Crippen LogP contribution < -0.4 is 10.0 Å². The van der Waals surface area contributed by atoms with Crippen LogP contribution in [0.2, 0.25) is 5.02 Å². The van der Waals surface area contributed by atoms with E-state index in [1.54, 1.807) is 24.3 Å². The fourth-order valence-electron chi connectivity index (χ4n) is 3.70. The molecule has 3 aromatic carbocycles. The van der Waals surface area contributed by atoms with Gasteiger partial charge in [-0.15, -0.1) is 0 Å². The van der Waals surface area contributed by atoms with Crippen molar-refractivity contribution in [2.75, 3.05) is 0 Å². The van der Waals surface area contributed by atoms with Crippen LogP contribution in [0.5, 0.6) is 0 Å². The number of hydrogen-bond acceptors (Lipinski definition) is 4. The van der Waals surface area contributed by atoms with Crippen molar-refractivity contribution in [3.63, 3.8) is 0 Å². The minimum absolute atomic E-state index is 0.0642. The van der Waals surface area contributed by atoms with Gasteiger partial charge in [-0.05, 0) is 73.2 Å². The van der Waals surface area contributed by atoms with Crippen molar-refractivity contribution in [1.29, 1.82) is 0 Å². The van der Waals surface area contributed by atoms with E-state index < -0.39 is 10.0 Å². The van der Waals surface area contributed by atoms with Crippen LogP contribution in [0.15, 0.2) is 77.7 Å². The zero-order chi connectivity index (χ0) is 24.3. The lowest BCUT2D eigenvalue weighted by atomic mass is 10.0.